The van der Waals surface area contributed by atoms with Gasteiger partial charge in [0.1, 0.15) is 18.2 Å². The summed E-state index contributed by atoms with van der Waals surface area (Å²) < 4.78 is 33.2. The van der Waals surface area contributed by atoms with Crippen LogP contribution in [0, 0.1) is 5.82 Å². The third-order valence-corrected chi connectivity index (χ3v) is 8.25. The van der Waals surface area contributed by atoms with Crippen molar-refractivity contribution in [2.75, 3.05) is 26.8 Å². The minimum absolute atomic E-state index is 0.0697. The van der Waals surface area contributed by atoms with E-state index in [1.807, 2.05) is 18.2 Å². The molecule has 224 valence electrons. The Morgan fingerprint density at radius 3 is 2.81 bits per heavy atom. The summed E-state index contributed by atoms with van der Waals surface area (Å²) in [5.74, 6) is 0.621. The molecule has 0 N–H and O–H groups in total. The quantitative estimate of drug-likeness (QED) is 0.203. The summed E-state index contributed by atoms with van der Waals surface area (Å²) in [4.78, 5) is 24.2. The number of esters is 1. The van der Waals surface area contributed by atoms with Crippen molar-refractivity contribution in [1.29, 1.82) is 0 Å². The zero-order valence-corrected chi connectivity index (χ0v) is 24.9. The van der Waals surface area contributed by atoms with Gasteiger partial charge in [0, 0.05) is 36.3 Å². The molecule has 8 nitrogen and oxygen atoms in total. The van der Waals surface area contributed by atoms with Gasteiger partial charge >= 0.3 is 5.97 Å². The van der Waals surface area contributed by atoms with Crippen molar-refractivity contribution in [2.45, 2.75) is 51.5 Å². The lowest BCUT2D eigenvalue weighted by Gasteiger charge is -2.27. The van der Waals surface area contributed by atoms with Crippen LogP contribution in [0.4, 0.5) is 4.39 Å². The lowest BCUT2D eigenvalue weighted by atomic mass is 10.0. The number of pyridine rings is 1. The summed E-state index contributed by atoms with van der Waals surface area (Å²) in [6, 6.07) is 15.8. The maximum atomic E-state index is 14.2. The number of benzene rings is 2. The van der Waals surface area contributed by atoms with Crippen LogP contribution in [0.1, 0.15) is 53.1 Å². The summed E-state index contributed by atoms with van der Waals surface area (Å²) in [6.45, 7) is 3.84. The van der Waals surface area contributed by atoms with Crippen molar-refractivity contribution >= 4 is 34.2 Å². The van der Waals surface area contributed by atoms with Crippen LogP contribution in [-0.4, -0.2) is 58.3 Å². The van der Waals surface area contributed by atoms with E-state index in [2.05, 4.69) is 20.5 Å². The predicted molar refractivity (Wildman–Crippen MR) is 163 cm³/mol. The molecule has 0 bridgehead atoms. The van der Waals surface area contributed by atoms with E-state index in [9.17, 15) is 9.18 Å². The first-order valence-electron chi connectivity index (χ1n) is 14.6. The topological polar surface area (TPSA) is 78.7 Å². The van der Waals surface area contributed by atoms with Gasteiger partial charge in [-0.05, 0) is 67.7 Å². The van der Waals surface area contributed by atoms with Crippen molar-refractivity contribution in [3.63, 3.8) is 0 Å². The smallest absolute Gasteiger partial charge is 0.337 e. The van der Waals surface area contributed by atoms with Crippen LogP contribution in [0.2, 0.25) is 5.02 Å². The fraction of sp³-hybridized carbons (Fsp3) is 0.364. The average molecular weight is 605 g/mol. The number of hydrogen-bond acceptors (Lipinski definition) is 7. The molecule has 4 aromatic rings. The molecule has 0 unspecified atom stereocenters. The first kappa shape index (κ1) is 29.3. The predicted octanol–water partition coefficient (Wildman–Crippen LogP) is 6.45. The highest BCUT2D eigenvalue weighted by atomic mass is 35.5. The number of nitrogens with zero attached hydrogens (tertiary/aromatic N) is 4. The zero-order chi connectivity index (χ0) is 29.8. The molecule has 0 amide bonds. The zero-order valence-electron chi connectivity index (χ0n) is 24.1. The summed E-state index contributed by atoms with van der Waals surface area (Å²) in [7, 11) is 1.39. The van der Waals surface area contributed by atoms with E-state index in [0.717, 1.165) is 80.0 Å². The standard InChI is InChI=1S/C33H34ClFN4O4/c1-41-33(40)23-9-11-30-29(17-23)36-31(39(30)19-26-5-2-3-16-42-26)20-38-14-12-22(13-15-38)28-6-4-7-32(37-28)43-21-24-8-10-25(34)18-27(24)35/h4,6-12,17-18,26H,2-3,5,13-16,19-21H2,1H3/t26-/m0/s1. The van der Waals surface area contributed by atoms with Crippen LogP contribution >= 0.6 is 11.6 Å². The van der Waals surface area contributed by atoms with Crippen LogP contribution in [0.3, 0.4) is 0 Å². The normalized spacial score (nSPS) is 17.6. The number of carbonyl (C=O) groups excluding carboxylic acids is 1. The second-order valence-corrected chi connectivity index (χ2v) is 11.4. The van der Waals surface area contributed by atoms with Gasteiger partial charge in [-0.3, -0.25) is 4.90 Å². The molecule has 1 saturated heterocycles. The highest BCUT2D eigenvalue weighted by Gasteiger charge is 2.22. The van der Waals surface area contributed by atoms with Gasteiger partial charge in [0.15, 0.2) is 0 Å². The third-order valence-electron chi connectivity index (χ3n) is 8.01. The van der Waals surface area contributed by atoms with E-state index in [1.54, 1.807) is 30.3 Å². The van der Waals surface area contributed by atoms with Crippen molar-refractivity contribution in [3.05, 3.63) is 94.2 Å². The number of ether oxygens (including phenoxy) is 3. The number of imidazole rings is 1. The van der Waals surface area contributed by atoms with Crippen molar-refractivity contribution < 1.29 is 23.4 Å². The molecular weight excluding hydrogens is 571 g/mol. The van der Waals surface area contributed by atoms with Gasteiger partial charge in [-0.2, -0.15) is 0 Å². The fourth-order valence-electron chi connectivity index (χ4n) is 5.66. The molecule has 2 aliphatic rings. The Morgan fingerprint density at radius 2 is 2.05 bits per heavy atom. The average Bonchev–Trinajstić information content (AvgIpc) is 3.36. The molecular formula is C33H34ClFN4O4. The van der Waals surface area contributed by atoms with E-state index in [0.29, 0.717) is 28.6 Å². The van der Waals surface area contributed by atoms with E-state index in [4.69, 9.17) is 30.8 Å². The maximum Gasteiger partial charge on any atom is 0.337 e. The minimum Gasteiger partial charge on any atom is -0.473 e. The molecule has 0 aliphatic carbocycles. The van der Waals surface area contributed by atoms with Gasteiger partial charge in [-0.1, -0.05) is 29.8 Å². The number of methoxy groups -OCH3 is 1. The molecule has 1 atom stereocenters. The molecule has 2 aromatic heterocycles. The van der Waals surface area contributed by atoms with Crippen molar-refractivity contribution in [1.82, 2.24) is 19.4 Å². The minimum atomic E-state index is -0.401. The van der Waals surface area contributed by atoms with Gasteiger partial charge in [0.2, 0.25) is 5.88 Å². The Kier molecular flexibility index (Phi) is 9.02. The number of fused-ring (bicyclic) bond motifs is 1. The van der Waals surface area contributed by atoms with E-state index in [1.165, 1.54) is 13.2 Å². The molecule has 0 saturated carbocycles. The molecule has 10 heteroatoms. The Morgan fingerprint density at radius 1 is 1.14 bits per heavy atom. The third kappa shape index (κ3) is 6.90. The second-order valence-electron chi connectivity index (χ2n) is 10.9. The Balaban J connectivity index is 1.16. The molecule has 43 heavy (non-hydrogen) atoms. The van der Waals surface area contributed by atoms with Gasteiger partial charge in [-0.25, -0.2) is 19.2 Å². The first-order chi connectivity index (χ1) is 21.0. The Labute approximate surface area is 255 Å². The molecule has 4 heterocycles. The monoisotopic (exact) mass is 604 g/mol. The molecule has 2 aromatic carbocycles. The molecule has 2 aliphatic heterocycles. The summed E-state index contributed by atoms with van der Waals surface area (Å²) >= 11 is 5.86. The first-order valence-corrected chi connectivity index (χ1v) is 15.0. The second kappa shape index (κ2) is 13.2. The highest BCUT2D eigenvalue weighted by Crippen LogP contribution is 2.27. The van der Waals surface area contributed by atoms with Crippen LogP contribution < -0.4 is 4.74 Å². The number of carbonyl (C=O) groups is 1. The summed E-state index contributed by atoms with van der Waals surface area (Å²) in [6.07, 6.45) is 6.46. The van der Waals surface area contributed by atoms with Crippen LogP contribution in [0.15, 0.2) is 60.7 Å². The number of aromatic nitrogens is 3. The summed E-state index contributed by atoms with van der Waals surface area (Å²) in [5.41, 5.74) is 4.68. The van der Waals surface area contributed by atoms with Gasteiger partial charge < -0.3 is 18.8 Å². The SMILES string of the molecule is COC(=O)c1ccc2c(c1)nc(CN1CC=C(c3cccc(OCc4ccc(Cl)cc4F)n3)CC1)n2C[C@@H]1CCCCO1. The fourth-order valence-corrected chi connectivity index (χ4v) is 5.81. The molecule has 0 spiro atoms. The maximum absolute atomic E-state index is 14.2. The molecule has 1 fully saturated rings. The molecule has 0 radical (unpaired) electrons. The van der Waals surface area contributed by atoms with Crippen molar-refractivity contribution in [2.24, 2.45) is 0 Å². The van der Waals surface area contributed by atoms with Gasteiger partial charge in [0.25, 0.3) is 0 Å². The van der Waals surface area contributed by atoms with Gasteiger partial charge in [-0.15, -0.1) is 0 Å². The number of hydrogen-bond donors (Lipinski definition) is 0. The van der Waals surface area contributed by atoms with E-state index < -0.39 is 5.82 Å². The Hall–Kier alpha value is -3.79. The van der Waals surface area contributed by atoms with E-state index >= 15 is 0 Å². The number of halogens is 2. The summed E-state index contributed by atoms with van der Waals surface area (Å²) in [5, 5.41) is 0.350. The van der Waals surface area contributed by atoms with Gasteiger partial charge in [0.05, 0.1) is 48.6 Å². The van der Waals surface area contributed by atoms with Crippen molar-refractivity contribution in [3.8, 4) is 5.88 Å². The number of rotatable bonds is 9. The molecule has 6 rings (SSSR count). The highest BCUT2D eigenvalue weighted by molar-refractivity contribution is 6.30. The lowest BCUT2D eigenvalue weighted by Crippen LogP contribution is -2.31. The van der Waals surface area contributed by atoms with E-state index in [-0.39, 0.29) is 18.7 Å². The lowest BCUT2D eigenvalue weighted by molar-refractivity contribution is 0.00590. The van der Waals surface area contributed by atoms with Crippen LogP contribution in [0.5, 0.6) is 5.88 Å². The van der Waals surface area contributed by atoms with Crippen LogP contribution in [-0.2, 0) is 29.2 Å². The van der Waals surface area contributed by atoms with Crippen LogP contribution in [0.25, 0.3) is 16.6 Å². The Bertz CT molecular complexity index is 1650. The largest absolute Gasteiger partial charge is 0.473 e.